The van der Waals surface area contributed by atoms with Gasteiger partial charge in [0.25, 0.3) is 0 Å². The molecule has 0 aliphatic carbocycles. The number of rotatable bonds is 8. The van der Waals surface area contributed by atoms with Crippen LogP contribution in [0, 0.1) is 0 Å². The number of hydrogen-bond acceptors (Lipinski definition) is 5. The Bertz CT molecular complexity index is 371. The first-order valence-corrected chi connectivity index (χ1v) is 6.54. The first-order chi connectivity index (χ1) is 9.02. The van der Waals surface area contributed by atoms with Crippen molar-refractivity contribution >= 4 is 5.69 Å². The van der Waals surface area contributed by atoms with Gasteiger partial charge in [0.05, 0.1) is 6.61 Å². The normalized spacial score (nSPS) is 12.9. The predicted molar refractivity (Wildman–Crippen MR) is 76.2 cm³/mol. The number of aliphatic hydroxyl groups is 2. The van der Waals surface area contributed by atoms with Gasteiger partial charge < -0.3 is 20.7 Å². The van der Waals surface area contributed by atoms with Crippen LogP contribution >= 0.6 is 0 Å². The van der Waals surface area contributed by atoms with Crippen molar-refractivity contribution in [3.8, 4) is 5.75 Å². The Morgan fingerprint density at radius 1 is 1.37 bits per heavy atom. The highest BCUT2D eigenvalue weighted by Gasteiger charge is 2.14. The molecular formula is C14H24N2O3. The van der Waals surface area contributed by atoms with E-state index in [2.05, 4.69) is 0 Å². The molecular weight excluding hydrogens is 244 g/mol. The minimum absolute atomic E-state index is 0.0843. The van der Waals surface area contributed by atoms with Gasteiger partial charge >= 0.3 is 0 Å². The van der Waals surface area contributed by atoms with Crippen molar-refractivity contribution in [1.82, 2.24) is 4.90 Å². The maximum absolute atomic E-state index is 9.95. The maximum Gasteiger partial charge on any atom is 0.121 e. The van der Waals surface area contributed by atoms with Crippen LogP contribution in [0.1, 0.15) is 13.8 Å². The molecule has 1 aromatic carbocycles. The molecule has 0 spiro atoms. The smallest absolute Gasteiger partial charge is 0.121 e. The van der Waals surface area contributed by atoms with Crippen molar-refractivity contribution in [3.05, 3.63) is 24.3 Å². The number of ether oxygens (including phenoxy) is 1. The van der Waals surface area contributed by atoms with E-state index in [1.165, 1.54) is 0 Å². The van der Waals surface area contributed by atoms with Crippen LogP contribution < -0.4 is 10.5 Å². The van der Waals surface area contributed by atoms with Crippen LogP contribution in [0.5, 0.6) is 5.75 Å². The van der Waals surface area contributed by atoms with E-state index in [0.29, 0.717) is 24.5 Å². The third kappa shape index (κ3) is 5.92. The zero-order valence-electron chi connectivity index (χ0n) is 11.6. The van der Waals surface area contributed by atoms with Crippen LogP contribution in [0.3, 0.4) is 0 Å². The molecule has 0 aliphatic rings. The molecule has 0 bridgehead atoms. The summed E-state index contributed by atoms with van der Waals surface area (Å²) in [6.07, 6.45) is -0.601. The number of nitrogens with two attached hydrogens (primary N) is 1. The molecule has 4 N–H and O–H groups in total. The van der Waals surface area contributed by atoms with Gasteiger partial charge in [-0.05, 0) is 26.0 Å². The van der Waals surface area contributed by atoms with E-state index in [-0.39, 0.29) is 19.3 Å². The van der Waals surface area contributed by atoms with E-state index in [1.54, 1.807) is 18.2 Å². The van der Waals surface area contributed by atoms with E-state index in [0.717, 1.165) is 0 Å². The molecule has 108 valence electrons. The van der Waals surface area contributed by atoms with E-state index in [9.17, 15) is 5.11 Å². The van der Waals surface area contributed by atoms with E-state index >= 15 is 0 Å². The molecule has 1 aromatic rings. The SMILES string of the molecule is CC(C)N(CCO)CC(O)COc1cccc(N)c1. The van der Waals surface area contributed by atoms with Gasteiger partial charge in [-0.25, -0.2) is 0 Å². The fourth-order valence-electron chi connectivity index (χ4n) is 1.81. The highest BCUT2D eigenvalue weighted by atomic mass is 16.5. The van der Waals surface area contributed by atoms with Crippen molar-refractivity contribution in [2.45, 2.75) is 26.0 Å². The summed E-state index contributed by atoms with van der Waals surface area (Å²) in [5, 5.41) is 18.9. The molecule has 0 fully saturated rings. The Hall–Kier alpha value is -1.30. The average Bonchev–Trinajstić information content (AvgIpc) is 2.36. The average molecular weight is 268 g/mol. The summed E-state index contributed by atoms with van der Waals surface area (Å²) < 4.78 is 5.49. The van der Waals surface area contributed by atoms with Gasteiger partial charge in [0.1, 0.15) is 18.5 Å². The molecule has 0 saturated heterocycles. The monoisotopic (exact) mass is 268 g/mol. The molecule has 1 atom stereocenters. The Balaban J connectivity index is 2.40. The molecule has 0 radical (unpaired) electrons. The first-order valence-electron chi connectivity index (χ1n) is 6.54. The topological polar surface area (TPSA) is 79.0 Å². The van der Waals surface area contributed by atoms with Crippen LogP contribution in [0.25, 0.3) is 0 Å². The second kappa shape index (κ2) is 7.99. The van der Waals surface area contributed by atoms with Crippen LogP contribution in [0.15, 0.2) is 24.3 Å². The molecule has 0 saturated carbocycles. The highest BCUT2D eigenvalue weighted by Crippen LogP contribution is 2.14. The quantitative estimate of drug-likeness (QED) is 0.605. The fourth-order valence-corrected chi connectivity index (χ4v) is 1.81. The molecule has 0 aliphatic heterocycles. The molecule has 19 heavy (non-hydrogen) atoms. The lowest BCUT2D eigenvalue weighted by molar-refractivity contribution is 0.0503. The zero-order valence-corrected chi connectivity index (χ0v) is 11.6. The van der Waals surface area contributed by atoms with Crippen molar-refractivity contribution in [2.75, 3.05) is 32.0 Å². The number of anilines is 1. The van der Waals surface area contributed by atoms with Crippen molar-refractivity contribution in [3.63, 3.8) is 0 Å². The van der Waals surface area contributed by atoms with Gasteiger partial charge in [-0.15, -0.1) is 0 Å². The molecule has 5 nitrogen and oxygen atoms in total. The summed E-state index contributed by atoms with van der Waals surface area (Å²) >= 11 is 0. The van der Waals surface area contributed by atoms with Crippen LogP contribution in [0.4, 0.5) is 5.69 Å². The Kier molecular flexibility index (Phi) is 6.62. The maximum atomic E-state index is 9.95. The van der Waals surface area contributed by atoms with Gasteiger partial charge in [0.2, 0.25) is 0 Å². The van der Waals surface area contributed by atoms with E-state index in [4.69, 9.17) is 15.6 Å². The highest BCUT2D eigenvalue weighted by molar-refractivity contribution is 5.43. The van der Waals surface area contributed by atoms with Crippen molar-refractivity contribution in [2.24, 2.45) is 0 Å². The number of aliphatic hydroxyl groups excluding tert-OH is 2. The second-order valence-electron chi connectivity index (χ2n) is 4.85. The Morgan fingerprint density at radius 3 is 2.68 bits per heavy atom. The summed E-state index contributed by atoms with van der Waals surface area (Å²) in [6.45, 7) is 5.37. The zero-order chi connectivity index (χ0) is 14.3. The number of nitrogens with zero attached hydrogens (tertiary/aromatic N) is 1. The van der Waals surface area contributed by atoms with Crippen LogP contribution in [0.2, 0.25) is 0 Å². The summed E-state index contributed by atoms with van der Waals surface area (Å²) in [5.41, 5.74) is 6.28. The summed E-state index contributed by atoms with van der Waals surface area (Å²) in [4.78, 5) is 2.01. The van der Waals surface area contributed by atoms with E-state index in [1.807, 2.05) is 24.8 Å². The second-order valence-corrected chi connectivity index (χ2v) is 4.85. The standard InChI is InChI=1S/C14H24N2O3/c1-11(2)16(6-7-17)9-13(18)10-19-14-5-3-4-12(15)8-14/h3-5,8,11,13,17-18H,6-7,9-10,15H2,1-2H3. The molecule has 0 aromatic heterocycles. The Labute approximate surface area is 114 Å². The molecule has 0 amide bonds. The van der Waals surface area contributed by atoms with Gasteiger partial charge in [0.15, 0.2) is 0 Å². The third-order valence-corrected chi connectivity index (χ3v) is 2.86. The lowest BCUT2D eigenvalue weighted by atomic mass is 10.2. The molecule has 1 unspecified atom stereocenters. The number of benzene rings is 1. The minimum atomic E-state index is -0.601. The van der Waals surface area contributed by atoms with Crippen LogP contribution in [-0.2, 0) is 0 Å². The fraction of sp³-hybridized carbons (Fsp3) is 0.571. The van der Waals surface area contributed by atoms with Crippen molar-refractivity contribution < 1.29 is 14.9 Å². The van der Waals surface area contributed by atoms with Gasteiger partial charge in [0, 0.05) is 30.9 Å². The Morgan fingerprint density at radius 2 is 2.11 bits per heavy atom. The summed E-state index contributed by atoms with van der Waals surface area (Å²) in [7, 11) is 0. The first kappa shape index (κ1) is 15.8. The number of nitrogen functional groups attached to an aromatic ring is 1. The molecule has 0 heterocycles. The van der Waals surface area contributed by atoms with E-state index < -0.39 is 6.10 Å². The lowest BCUT2D eigenvalue weighted by Crippen LogP contribution is -2.41. The third-order valence-electron chi connectivity index (χ3n) is 2.86. The van der Waals surface area contributed by atoms with Gasteiger partial charge in [-0.3, -0.25) is 4.90 Å². The lowest BCUT2D eigenvalue weighted by Gasteiger charge is -2.27. The van der Waals surface area contributed by atoms with Crippen LogP contribution in [-0.4, -0.2) is 53.6 Å². The van der Waals surface area contributed by atoms with Gasteiger partial charge in [-0.2, -0.15) is 0 Å². The summed E-state index contributed by atoms with van der Waals surface area (Å²) in [6, 6.07) is 7.39. The number of hydrogen-bond donors (Lipinski definition) is 3. The minimum Gasteiger partial charge on any atom is -0.491 e. The molecule has 1 rings (SSSR count). The summed E-state index contributed by atoms with van der Waals surface area (Å²) in [5.74, 6) is 0.650. The van der Waals surface area contributed by atoms with Gasteiger partial charge in [-0.1, -0.05) is 6.07 Å². The largest absolute Gasteiger partial charge is 0.491 e. The van der Waals surface area contributed by atoms with Crippen molar-refractivity contribution in [1.29, 1.82) is 0 Å². The predicted octanol–water partition coefficient (Wildman–Crippen LogP) is 0.711. The molecule has 5 heteroatoms.